The van der Waals surface area contributed by atoms with Crippen molar-refractivity contribution in [3.05, 3.63) is 60.2 Å². The van der Waals surface area contributed by atoms with Gasteiger partial charge in [-0.05, 0) is 35.9 Å². The van der Waals surface area contributed by atoms with Gasteiger partial charge in [0.2, 0.25) is 5.91 Å². The highest BCUT2D eigenvalue weighted by Crippen LogP contribution is 2.22. The quantitative estimate of drug-likeness (QED) is 0.662. The molecule has 4 heteroatoms. The van der Waals surface area contributed by atoms with E-state index in [9.17, 15) is 4.79 Å². The second-order valence-corrected chi connectivity index (χ2v) is 4.19. The lowest BCUT2D eigenvalue weighted by Crippen LogP contribution is -2.08. The van der Waals surface area contributed by atoms with Crippen molar-refractivity contribution in [2.75, 3.05) is 18.2 Å². The molecule has 0 unspecified atom stereocenters. The second-order valence-electron chi connectivity index (χ2n) is 4.19. The van der Waals surface area contributed by atoms with Crippen molar-refractivity contribution in [1.82, 2.24) is 0 Å². The summed E-state index contributed by atoms with van der Waals surface area (Å²) in [6.07, 6.45) is 3.20. The fourth-order valence-corrected chi connectivity index (χ4v) is 1.70. The summed E-state index contributed by atoms with van der Waals surface area (Å²) in [5.74, 6) is 0.410. The summed E-state index contributed by atoms with van der Waals surface area (Å²) < 4.78 is 5.17. The van der Waals surface area contributed by atoms with Crippen LogP contribution in [-0.4, -0.2) is 13.0 Å². The first-order valence-corrected chi connectivity index (χ1v) is 6.16. The van der Waals surface area contributed by atoms with Gasteiger partial charge in [-0.15, -0.1) is 0 Å². The van der Waals surface area contributed by atoms with Gasteiger partial charge in [0, 0.05) is 11.8 Å². The number of hydrogen-bond acceptors (Lipinski definition) is 3. The molecular weight excluding hydrogens is 252 g/mol. The van der Waals surface area contributed by atoms with Crippen LogP contribution in [0.3, 0.4) is 0 Å². The number of ether oxygens (including phenoxy) is 1. The predicted octanol–water partition coefficient (Wildman–Crippen LogP) is 2.93. The predicted molar refractivity (Wildman–Crippen MR) is 81.5 cm³/mol. The highest BCUT2D eigenvalue weighted by molar-refractivity contribution is 6.02. The summed E-state index contributed by atoms with van der Waals surface area (Å²) in [7, 11) is 1.56. The number of hydrogen-bond donors (Lipinski definition) is 2. The molecule has 0 aliphatic carbocycles. The lowest BCUT2D eigenvalue weighted by atomic mass is 10.2. The standard InChI is InChI=1S/C16H16N2O2/c1-20-15-5-3-2-4-14(15)18-16(19)11-8-12-6-9-13(17)10-7-12/h2-11H,17H2,1H3,(H,18,19)/b11-8+. The van der Waals surface area contributed by atoms with E-state index in [1.807, 2.05) is 24.3 Å². The Morgan fingerprint density at radius 1 is 1.15 bits per heavy atom. The minimum absolute atomic E-state index is 0.216. The van der Waals surface area contributed by atoms with Crippen molar-refractivity contribution < 1.29 is 9.53 Å². The zero-order chi connectivity index (χ0) is 14.4. The fraction of sp³-hybridized carbons (Fsp3) is 0.0625. The van der Waals surface area contributed by atoms with Crippen molar-refractivity contribution in [3.8, 4) is 5.75 Å². The Morgan fingerprint density at radius 3 is 2.55 bits per heavy atom. The largest absolute Gasteiger partial charge is 0.495 e. The van der Waals surface area contributed by atoms with E-state index in [1.165, 1.54) is 6.08 Å². The van der Waals surface area contributed by atoms with E-state index in [1.54, 1.807) is 37.5 Å². The first kappa shape index (κ1) is 13.7. The van der Waals surface area contributed by atoms with Crippen LogP contribution in [0.4, 0.5) is 11.4 Å². The van der Waals surface area contributed by atoms with Crippen LogP contribution in [0.15, 0.2) is 54.6 Å². The van der Waals surface area contributed by atoms with E-state index >= 15 is 0 Å². The Hall–Kier alpha value is -2.75. The summed E-state index contributed by atoms with van der Waals surface area (Å²) in [5, 5.41) is 2.77. The van der Waals surface area contributed by atoms with Gasteiger partial charge in [0.05, 0.1) is 12.8 Å². The maximum absolute atomic E-state index is 11.8. The highest BCUT2D eigenvalue weighted by Gasteiger charge is 2.03. The van der Waals surface area contributed by atoms with E-state index in [4.69, 9.17) is 10.5 Å². The maximum Gasteiger partial charge on any atom is 0.248 e. The molecule has 2 aromatic carbocycles. The van der Waals surface area contributed by atoms with Crippen molar-refractivity contribution >= 4 is 23.4 Å². The number of anilines is 2. The average molecular weight is 268 g/mol. The molecule has 2 aromatic rings. The summed E-state index contributed by atoms with van der Waals surface area (Å²) in [6.45, 7) is 0. The van der Waals surface area contributed by atoms with Crippen molar-refractivity contribution in [2.45, 2.75) is 0 Å². The molecule has 2 rings (SSSR count). The molecule has 102 valence electrons. The first-order chi connectivity index (χ1) is 9.69. The molecule has 3 N–H and O–H groups in total. The number of para-hydroxylation sites is 2. The second kappa shape index (κ2) is 6.43. The molecule has 1 amide bonds. The maximum atomic E-state index is 11.8. The molecule has 0 aliphatic heterocycles. The van der Waals surface area contributed by atoms with Crippen LogP contribution in [0.2, 0.25) is 0 Å². The number of carbonyl (C=O) groups is 1. The molecule has 0 aromatic heterocycles. The summed E-state index contributed by atoms with van der Waals surface area (Å²) >= 11 is 0. The minimum Gasteiger partial charge on any atom is -0.495 e. The number of amides is 1. The molecular formula is C16H16N2O2. The zero-order valence-electron chi connectivity index (χ0n) is 11.2. The van der Waals surface area contributed by atoms with Crippen LogP contribution >= 0.6 is 0 Å². The van der Waals surface area contributed by atoms with Crippen LogP contribution in [0.25, 0.3) is 6.08 Å². The van der Waals surface area contributed by atoms with Crippen LogP contribution in [0, 0.1) is 0 Å². The Morgan fingerprint density at radius 2 is 1.85 bits per heavy atom. The van der Waals surface area contributed by atoms with E-state index in [0.29, 0.717) is 17.1 Å². The normalized spacial score (nSPS) is 10.4. The highest BCUT2D eigenvalue weighted by atomic mass is 16.5. The molecule has 0 spiro atoms. The van der Waals surface area contributed by atoms with Crippen molar-refractivity contribution in [1.29, 1.82) is 0 Å². The Labute approximate surface area is 117 Å². The average Bonchev–Trinajstić information content (AvgIpc) is 2.47. The van der Waals surface area contributed by atoms with Crippen LogP contribution < -0.4 is 15.8 Å². The molecule has 0 saturated carbocycles. The van der Waals surface area contributed by atoms with E-state index in [2.05, 4.69) is 5.32 Å². The van der Waals surface area contributed by atoms with Gasteiger partial charge in [0.15, 0.2) is 0 Å². The third-order valence-electron chi connectivity index (χ3n) is 2.73. The van der Waals surface area contributed by atoms with Crippen molar-refractivity contribution in [3.63, 3.8) is 0 Å². The summed E-state index contributed by atoms with van der Waals surface area (Å²) in [6, 6.07) is 14.5. The Kier molecular flexibility index (Phi) is 4.39. The van der Waals surface area contributed by atoms with Gasteiger partial charge in [-0.1, -0.05) is 24.3 Å². The van der Waals surface area contributed by atoms with Gasteiger partial charge in [-0.25, -0.2) is 0 Å². The third kappa shape index (κ3) is 3.62. The number of carbonyl (C=O) groups excluding carboxylic acids is 1. The Balaban J connectivity index is 2.03. The number of benzene rings is 2. The molecule has 0 atom stereocenters. The molecule has 0 aliphatic rings. The monoisotopic (exact) mass is 268 g/mol. The molecule has 0 saturated heterocycles. The van der Waals surface area contributed by atoms with Gasteiger partial charge in [-0.2, -0.15) is 0 Å². The molecule has 20 heavy (non-hydrogen) atoms. The number of rotatable bonds is 4. The van der Waals surface area contributed by atoms with Gasteiger partial charge in [0.25, 0.3) is 0 Å². The molecule has 0 bridgehead atoms. The number of nitrogens with two attached hydrogens (primary N) is 1. The van der Waals surface area contributed by atoms with Gasteiger partial charge in [-0.3, -0.25) is 4.79 Å². The number of nitrogens with one attached hydrogen (secondary N) is 1. The number of methoxy groups -OCH3 is 1. The fourth-order valence-electron chi connectivity index (χ4n) is 1.70. The van der Waals surface area contributed by atoms with Gasteiger partial charge >= 0.3 is 0 Å². The van der Waals surface area contributed by atoms with Gasteiger partial charge in [0.1, 0.15) is 5.75 Å². The lowest BCUT2D eigenvalue weighted by molar-refractivity contribution is -0.111. The Bertz CT molecular complexity index is 619. The molecule has 0 fully saturated rings. The first-order valence-electron chi connectivity index (χ1n) is 6.16. The SMILES string of the molecule is COc1ccccc1NC(=O)/C=C/c1ccc(N)cc1. The van der Waals surface area contributed by atoms with Crippen molar-refractivity contribution in [2.24, 2.45) is 0 Å². The van der Waals surface area contributed by atoms with E-state index in [-0.39, 0.29) is 5.91 Å². The number of nitrogen functional groups attached to an aromatic ring is 1. The minimum atomic E-state index is -0.216. The van der Waals surface area contributed by atoms with Gasteiger partial charge < -0.3 is 15.8 Å². The van der Waals surface area contributed by atoms with Crippen LogP contribution in [0.5, 0.6) is 5.75 Å². The lowest BCUT2D eigenvalue weighted by Gasteiger charge is -2.07. The topological polar surface area (TPSA) is 64.3 Å². The van der Waals surface area contributed by atoms with E-state index < -0.39 is 0 Å². The summed E-state index contributed by atoms with van der Waals surface area (Å²) in [5.41, 5.74) is 7.85. The zero-order valence-corrected chi connectivity index (χ0v) is 11.2. The van der Waals surface area contributed by atoms with E-state index in [0.717, 1.165) is 5.56 Å². The molecule has 4 nitrogen and oxygen atoms in total. The molecule has 0 heterocycles. The summed E-state index contributed by atoms with van der Waals surface area (Å²) in [4.78, 5) is 11.8. The smallest absolute Gasteiger partial charge is 0.248 e. The van der Waals surface area contributed by atoms with Crippen LogP contribution in [-0.2, 0) is 4.79 Å². The van der Waals surface area contributed by atoms with Crippen LogP contribution in [0.1, 0.15) is 5.56 Å². The molecule has 0 radical (unpaired) electrons. The third-order valence-corrected chi connectivity index (χ3v) is 2.73.